The molecule has 0 amide bonds. The second-order valence-corrected chi connectivity index (χ2v) is 13.2. The lowest BCUT2D eigenvalue weighted by Gasteiger charge is -2.22. The Morgan fingerprint density at radius 3 is 2.04 bits per heavy atom. The van der Waals surface area contributed by atoms with Crippen LogP contribution in [0.3, 0.4) is 0 Å². The molecule has 0 aliphatic carbocycles. The van der Waals surface area contributed by atoms with Crippen molar-refractivity contribution in [3.63, 3.8) is 0 Å². The van der Waals surface area contributed by atoms with E-state index < -0.39 is 0 Å². The minimum atomic E-state index is 0.717. The normalized spacial score (nSPS) is 11.9. The van der Waals surface area contributed by atoms with Crippen LogP contribution in [0.25, 0.3) is 87.1 Å². The van der Waals surface area contributed by atoms with Crippen LogP contribution in [-0.4, -0.2) is 9.97 Å². The van der Waals surface area contributed by atoms with Gasteiger partial charge in [-0.3, -0.25) is 0 Å². The maximum absolute atomic E-state index is 6.34. The van der Waals surface area contributed by atoms with Crippen molar-refractivity contribution < 1.29 is 4.74 Å². The highest BCUT2D eigenvalue weighted by Crippen LogP contribution is 2.47. The lowest BCUT2D eigenvalue weighted by atomic mass is 9.92. The molecule has 0 bridgehead atoms. The quantitative estimate of drug-likeness (QED) is 0.194. The summed E-state index contributed by atoms with van der Waals surface area (Å²) in [5.41, 5.74) is 9.58. The van der Waals surface area contributed by atoms with Crippen molar-refractivity contribution in [2.24, 2.45) is 0 Å². The first-order valence-corrected chi connectivity index (χ1v) is 16.9. The highest BCUT2D eigenvalue weighted by atomic mass is 32.1. The van der Waals surface area contributed by atoms with Crippen LogP contribution < -0.4 is 4.74 Å². The number of benzene rings is 7. The summed E-state index contributed by atoms with van der Waals surface area (Å²) in [6.07, 6.45) is 0. The molecule has 0 spiro atoms. The summed E-state index contributed by atoms with van der Waals surface area (Å²) in [6.45, 7) is 0. The van der Waals surface area contributed by atoms with Gasteiger partial charge >= 0.3 is 0 Å². The Morgan fingerprint density at radius 2 is 1.15 bits per heavy atom. The molecule has 4 heteroatoms. The van der Waals surface area contributed by atoms with Gasteiger partial charge in [0.05, 0.1) is 11.4 Å². The van der Waals surface area contributed by atoms with E-state index in [1.807, 2.05) is 35.6 Å². The van der Waals surface area contributed by atoms with Crippen LogP contribution in [0, 0.1) is 0 Å². The average molecular weight is 631 g/mol. The van der Waals surface area contributed by atoms with E-state index >= 15 is 0 Å². The Labute approximate surface area is 281 Å². The number of fused-ring (bicyclic) bond motifs is 5. The first-order chi connectivity index (χ1) is 23.8. The summed E-state index contributed by atoms with van der Waals surface area (Å²) in [5.74, 6) is 2.52. The van der Waals surface area contributed by atoms with Gasteiger partial charge in [0.1, 0.15) is 11.5 Å². The average Bonchev–Trinajstić information content (AvgIpc) is 3.54. The van der Waals surface area contributed by atoms with Crippen LogP contribution in [0.15, 0.2) is 158 Å². The van der Waals surface area contributed by atoms with Gasteiger partial charge in [0.25, 0.3) is 0 Å². The number of aromatic nitrogens is 2. The summed E-state index contributed by atoms with van der Waals surface area (Å²) in [5, 5.41) is 4.89. The zero-order valence-corrected chi connectivity index (χ0v) is 26.5. The Bertz CT molecular complexity index is 2690. The molecule has 10 rings (SSSR count). The van der Waals surface area contributed by atoms with Gasteiger partial charge in [0.15, 0.2) is 5.82 Å². The molecule has 0 N–H and O–H groups in total. The summed E-state index contributed by atoms with van der Waals surface area (Å²) in [6, 6.07) is 55.4. The summed E-state index contributed by atoms with van der Waals surface area (Å²) < 4.78 is 8.87. The van der Waals surface area contributed by atoms with Gasteiger partial charge in [-0.2, -0.15) is 0 Å². The molecule has 224 valence electrons. The fourth-order valence-corrected chi connectivity index (χ4v) is 8.20. The Morgan fingerprint density at radius 1 is 0.438 bits per heavy atom. The monoisotopic (exact) mass is 630 g/mol. The molecule has 3 nitrogen and oxygen atoms in total. The molecule has 0 atom stereocenters. The number of nitrogens with zero attached hydrogens (tertiary/aromatic N) is 2. The van der Waals surface area contributed by atoms with E-state index in [2.05, 4.69) is 133 Å². The zero-order valence-electron chi connectivity index (χ0n) is 25.7. The number of ether oxygens (including phenoxy) is 1. The van der Waals surface area contributed by atoms with E-state index in [0.29, 0.717) is 0 Å². The second kappa shape index (κ2) is 10.7. The fourth-order valence-electron chi connectivity index (χ4n) is 6.98. The maximum atomic E-state index is 6.34. The first kappa shape index (κ1) is 27.1. The van der Waals surface area contributed by atoms with Crippen molar-refractivity contribution in [3.05, 3.63) is 158 Å². The van der Waals surface area contributed by atoms with Crippen LogP contribution in [0.2, 0.25) is 0 Å². The van der Waals surface area contributed by atoms with Crippen LogP contribution in [-0.2, 0) is 0 Å². The molecule has 0 fully saturated rings. The van der Waals surface area contributed by atoms with E-state index in [-0.39, 0.29) is 0 Å². The van der Waals surface area contributed by atoms with Gasteiger partial charge in [-0.25, -0.2) is 9.97 Å². The molecule has 0 saturated carbocycles. The van der Waals surface area contributed by atoms with Crippen molar-refractivity contribution in [1.29, 1.82) is 0 Å². The van der Waals surface area contributed by atoms with Crippen molar-refractivity contribution >= 4 is 42.3 Å². The first-order valence-electron chi connectivity index (χ1n) is 16.1. The third-order valence-corrected chi connectivity index (χ3v) is 10.5. The van der Waals surface area contributed by atoms with E-state index in [0.717, 1.165) is 62.1 Å². The van der Waals surface area contributed by atoms with Crippen molar-refractivity contribution in [2.75, 3.05) is 0 Å². The highest BCUT2D eigenvalue weighted by molar-refractivity contribution is 7.26. The smallest absolute Gasteiger partial charge is 0.160 e. The predicted molar refractivity (Wildman–Crippen MR) is 200 cm³/mol. The van der Waals surface area contributed by atoms with Crippen LogP contribution in [0.5, 0.6) is 11.5 Å². The molecule has 9 aromatic rings. The van der Waals surface area contributed by atoms with Gasteiger partial charge in [-0.05, 0) is 52.4 Å². The van der Waals surface area contributed by atoms with Crippen molar-refractivity contribution in [3.8, 4) is 67.7 Å². The topological polar surface area (TPSA) is 35.0 Å². The minimum absolute atomic E-state index is 0.717. The Kier molecular flexibility index (Phi) is 6.05. The molecule has 1 aliphatic rings. The minimum Gasteiger partial charge on any atom is -0.456 e. The number of hydrogen-bond donors (Lipinski definition) is 0. The Balaban J connectivity index is 1.08. The molecule has 0 saturated heterocycles. The molecule has 7 aromatic carbocycles. The van der Waals surface area contributed by atoms with E-state index in [1.165, 1.54) is 36.5 Å². The number of thiophene rings is 1. The highest BCUT2D eigenvalue weighted by Gasteiger charge is 2.20. The maximum Gasteiger partial charge on any atom is 0.160 e. The summed E-state index contributed by atoms with van der Waals surface area (Å²) in [7, 11) is 0. The van der Waals surface area contributed by atoms with Crippen LogP contribution >= 0.6 is 11.3 Å². The van der Waals surface area contributed by atoms with Gasteiger partial charge in [0.2, 0.25) is 0 Å². The lowest BCUT2D eigenvalue weighted by molar-refractivity contribution is 0.487. The van der Waals surface area contributed by atoms with Crippen molar-refractivity contribution in [2.45, 2.75) is 0 Å². The standard InChI is InChI=1S/C44H26N2OS/c1-2-9-30(10-3-1)44-45-37(26-38(46-44)35-16-8-15-34-32-13-4-5-18-41(32)48-43(34)35)28-21-19-27(20-22-28)31-23-24-39-36(25-31)33-14-6-11-29-12-7-17-40(47-39)42(29)33/h1-26H. The van der Waals surface area contributed by atoms with E-state index in [1.54, 1.807) is 0 Å². The molecule has 1 aliphatic heterocycles. The van der Waals surface area contributed by atoms with E-state index in [9.17, 15) is 0 Å². The number of hydrogen-bond acceptors (Lipinski definition) is 4. The third kappa shape index (κ3) is 4.34. The van der Waals surface area contributed by atoms with Crippen LogP contribution in [0.1, 0.15) is 0 Å². The zero-order chi connectivity index (χ0) is 31.6. The Hall–Kier alpha value is -6.10. The molecule has 48 heavy (non-hydrogen) atoms. The largest absolute Gasteiger partial charge is 0.456 e. The van der Waals surface area contributed by atoms with E-state index in [4.69, 9.17) is 14.7 Å². The summed E-state index contributed by atoms with van der Waals surface area (Å²) in [4.78, 5) is 10.2. The molecular formula is C44H26N2OS. The molecule has 0 radical (unpaired) electrons. The number of rotatable bonds is 4. The SMILES string of the molecule is c1ccc(-c2nc(-c3ccc(-c4ccc5c(c4)-c4cccc6cccc(c46)O5)cc3)cc(-c3cccc4c3sc3ccccc34)n2)cc1. The van der Waals surface area contributed by atoms with Gasteiger partial charge < -0.3 is 4.74 Å². The third-order valence-electron chi connectivity index (χ3n) is 9.31. The van der Waals surface area contributed by atoms with Gasteiger partial charge in [-0.15, -0.1) is 11.3 Å². The van der Waals surface area contributed by atoms with Crippen molar-refractivity contribution in [1.82, 2.24) is 9.97 Å². The van der Waals surface area contributed by atoms with Gasteiger partial charge in [-0.1, -0.05) is 127 Å². The molecule has 3 heterocycles. The second-order valence-electron chi connectivity index (χ2n) is 12.2. The molecule has 2 aromatic heterocycles. The molecular weight excluding hydrogens is 605 g/mol. The van der Waals surface area contributed by atoms with Gasteiger partial charge in [0, 0.05) is 47.8 Å². The molecule has 0 unspecified atom stereocenters. The fraction of sp³-hybridized carbons (Fsp3) is 0. The lowest BCUT2D eigenvalue weighted by Crippen LogP contribution is -1.97. The van der Waals surface area contributed by atoms with Crippen LogP contribution in [0.4, 0.5) is 0 Å². The predicted octanol–water partition coefficient (Wildman–Crippen LogP) is 12.4. The summed E-state index contributed by atoms with van der Waals surface area (Å²) >= 11 is 1.82.